The van der Waals surface area contributed by atoms with E-state index in [2.05, 4.69) is 5.32 Å². The molecule has 1 heterocycles. The lowest BCUT2D eigenvalue weighted by Gasteiger charge is -2.05. The van der Waals surface area contributed by atoms with E-state index < -0.39 is 5.82 Å². The summed E-state index contributed by atoms with van der Waals surface area (Å²) in [6, 6.07) is 13.4. The maximum Gasteiger partial charge on any atom is 0.141 e. The van der Waals surface area contributed by atoms with Crippen LogP contribution in [0.4, 0.5) is 10.1 Å². The first-order valence-corrected chi connectivity index (χ1v) is 7.89. The molecule has 0 atom stereocenters. The van der Waals surface area contributed by atoms with Crippen molar-refractivity contribution >= 4 is 40.5 Å². The molecule has 1 aromatic heterocycles. The number of rotatable bonds is 4. The third-order valence-electron chi connectivity index (χ3n) is 3.20. The predicted molar refractivity (Wildman–Crippen MR) is 92.9 cm³/mol. The van der Waals surface area contributed by atoms with Crippen LogP contribution in [0.1, 0.15) is 5.76 Å². The molecule has 0 radical (unpaired) electrons. The van der Waals surface area contributed by atoms with Gasteiger partial charge in [0.1, 0.15) is 17.3 Å². The van der Waals surface area contributed by atoms with E-state index in [-0.39, 0.29) is 5.02 Å². The first-order valence-electron chi connectivity index (χ1n) is 6.75. The van der Waals surface area contributed by atoms with Crippen molar-refractivity contribution in [3.05, 3.63) is 75.2 Å². The third-order valence-corrected chi connectivity index (χ3v) is 3.92. The Morgan fingerprint density at radius 3 is 2.35 bits per heavy atom. The second kappa shape index (κ2) is 6.83. The van der Waals surface area contributed by atoms with E-state index >= 15 is 0 Å². The molecule has 0 aliphatic carbocycles. The van der Waals surface area contributed by atoms with Gasteiger partial charge in [-0.3, -0.25) is 0 Å². The maximum atomic E-state index is 13.1. The van der Waals surface area contributed by atoms with Gasteiger partial charge in [0.15, 0.2) is 0 Å². The Kier molecular flexibility index (Phi) is 4.81. The number of furan rings is 1. The molecule has 0 aliphatic rings. The maximum absolute atomic E-state index is 13.1. The van der Waals surface area contributed by atoms with E-state index in [4.69, 9.17) is 39.2 Å². The monoisotopic (exact) mass is 369 g/mol. The lowest BCUT2D eigenvalue weighted by molar-refractivity contribution is 0.531. The van der Waals surface area contributed by atoms with Crippen LogP contribution in [0, 0.1) is 5.82 Å². The molecule has 0 amide bonds. The van der Waals surface area contributed by atoms with Gasteiger partial charge in [-0.15, -0.1) is 0 Å². The van der Waals surface area contributed by atoms with E-state index in [1.54, 1.807) is 24.3 Å². The van der Waals surface area contributed by atoms with Crippen LogP contribution in [-0.4, -0.2) is 0 Å². The average molecular weight is 371 g/mol. The van der Waals surface area contributed by atoms with Gasteiger partial charge < -0.3 is 9.73 Å². The second-order valence-electron chi connectivity index (χ2n) is 4.91. The number of benzene rings is 2. The second-order valence-corrected chi connectivity index (χ2v) is 6.19. The first-order chi connectivity index (χ1) is 11.0. The summed E-state index contributed by atoms with van der Waals surface area (Å²) >= 11 is 17.7. The molecule has 118 valence electrons. The minimum Gasteiger partial charge on any atom is -0.459 e. The van der Waals surface area contributed by atoms with Gasteiger partial charge in [0.25, 0.3) is 0 Å². The summed E-state index contributed by atoms with van der Waals surface area (Å²) in [5.41, 5.74) is 1.51. The molecular formula is C17H11Cl3FNO. The normalized spacial score (nSPS) is 10.8. The van der Waals surface area contributed by atoms with Gasteiger partial charge in [-0.2, -0.15) is 0 Å². The highest BCUT2D eigenvalue weighted by Gasteiger charge is 2.07. The quantitative estimate of drug-likeness (QED) is 0.555. The summed E-state index contributed by atoms with van der Waals surface area (Å²) < 4.78 is 18.9. The van der Waals surface area contributed by atoms with E-state index in [9.17, 15) is 4.39 Å². The highest BCUT2D eigenvalue weighted by molar-refractivity contribution is 6.35. The van der Waals surface area contributed by atoms with Gasteiger partial charge in [0, 0.05) is 21.3 Å². The van der Waals surface area contributed by atoms with Crippen LogP contribution in [-0.2, 0) is 6.54 Å². The number of hydrogen-bond donors (Lipinski definition) is 1. The zero-order valence-corrected chi connectivity index (χ0v) is 14.0. The van der Waals surface area contributed by atoms with Crippen LogP contribution in [0.2, 0.25) is 15.1 Å². The molecule has 0 saturated heterocycles. The van der Waals surface area contributed by atoms with Crippen LogP contribution in [0.15, 0.2) is 52.9 Å². The van der Waals surface area contributed by atoms with Crippen molar-refractivity contribution in [3.8, 4) is 11.3 Å². The Bertz CT molecular complexity index is 827. The fourth-order valence-electron chi connectivity index (χ4n) is 2.12. The molecule has 0 aliphatic heterocycles. The highest BCUT2D eigenvalue weighted by atomic mass is 35.5. The van der Waals surface area contributed by atoms with Crippen molar-refractivity contribution in [2.24, 2.45) is 0 Å². The molecule has 2 nitrogen and oxygen atoms in total. The summed E-state index contributed by atoms with van der Waals surface area (Å²) in [4.78, 5) is 0. The lowest BCUT2D eigenvalue weighted by atomic mass is 10.2. The molecule has 23 heavy (non-hydrogen) atoms. The zero-order valence-electron chi connectivity index (χ0n) is 11.7. The zero-order chi connectivity index (χ0) is 16.4. The minimum absolute atomic E-state index is 0.0729. The predicted octanol–water partition coefficient (Wildman–Crippen LogP) is 6.66. The standard InChI is InChI=1S/C17H11Cl3FNO/c18-11-5-10(6-12(19)7-11)17-4-2-14(23-17)9-22-13-1-3-16(21)15(20)8-13/h1-8,22H,9H2. The Hall–Kier alpha value is -1.68. The lowest BCUT2D eigenvalue weighted by Crippen LogP contribution is -1.98. The fourth-order valence-corrected chi connectivity index (χ4v) is 2.83. The molecule has 0 fully saturated rings. The molecule has 0 unspecified atom stereocenters. The average Bonchev–Trinajstić information content (AvgIpc) is 2.96. The molecule has 1 N–H and O–H groups in total. The van der Waals surface area contributed by atoms with Crippen molar-refractivity contribution in [3.63, 3.8) is 0 Å². The highest BCUT2D eigenvalue weighted by Crippen LogP contribution is 2.29. The summed E-state index contributed by atoms with van der Waals surface area (Å²) in [5, 5.41) is 4.28. The molecule has 2 aromatic carbocycles. The van der Waals surface area contributed by atoms with Crippen LogP contribution < -0.4 is 5.32 Å². The molecule has 3 rings (SSSR count). The Balaban J connectivity index is 1.73. The van der Waals surface area contributed by atoms with Crippen LogP contribution in [0.25, 0.3) is 11.3 Å². The SMILES string of the molecule is Fc1ccc(NCc2ccc(-c3cc(Cl)cc(Cl)c3)o2)cc1Cl. The number of hydrogen-bond acceptors (Lipinski definition) is 2. The van der Waals surface area contributed by atoms with Crippen molar-refractivity contribution in [2.75, 3.05) is 5.32 Å². The van der Waals surface area contributed by atoms with Crippen LogP contribution in [0.5, 0.6) is 0 Å². The van der Waals surface area contributed by atoms with E-state index in [1.807, 2.05) is 12.1 Å². The van der Waals surface area contributed by atoms with Crippen LogP contribution >= 0.6 is 34.8 Å². The van der Waals surface area contributed by atoms with E-state index in [0.717, 1.165) is 11.3 Å². The number of nitrogens with one attached hydrogen (secondary N) is 1. The number of halogens is 4. The summed E-state index contributed by atoms with van der Waals surface area (Å²) in [6.45, 7) is 0.441. The van der Waals surface area contributed by atoms with Crippen molar-refractivity contribution in [2.45, 2.75) is 6.54 Å². The Morgan fingerprint density at radius 2 is 1.65 bits per heavy atom. The molecule has 0 saturated carbocycles. The molecule has 3 aromatic rings. The minimum atomic E-state index is -0.449. The fraction of sp³-hybridized carbons (Fsp3) is 0.0588. The Labute approximate surface area is 147 Å². The van der Waals surface area contributed by atoms with Gasteiger partial charge >= 0.3 is 0 Å². The molecule has 6 heteroatoms. The number of anilines is 1. The van der Waals surface area contributed by atoms with Gasteiger partial charge in [-0.25, -0.2) is 4.39 Å². The largest absolute Gasteiger partial charge is 0.459 e. The summed E-state index contributed by atoms with van der Waals surface area (Å²) in [6.07, 6.45) is 0. The summed E-state index contributed by atoms with van der Waals surface area (Å²) in [7, 11) is 0. The van der Waals surface area contributed by atoms with Gasteiger partial charge in [-0.05, 0) is 48.5 Å². The van der Waals surface area contributed by atoms with Crippen molar-refractivity contribution in [1.29, 1.82) is 0 Å². The summed E-state index contributed by atoms with van der Waals surface area (Å²) in [5.74, 6) is 0.940. The van der Waals surface area contributed by atoms with Gasteiger partial charge in [0.2, 0.25) is 0 Å². The van der Waals surface area contributed by atoms with Crippen molar-refractivity contribution < 1.29 is 8.81 Å². The van der Waals surface area contributed by atoms with E-state index in [0.29, 0.717) is 28.0 Å². The van der Waals surface area contributed by atoms with E-state index in [1.165, 1.54) is 12.1 Å². The van der Waals surface area contributed by atoms with Gasteiger partial charge in [0.05, 0.1) is 11.6 Å². The first kappa shape index (κ1) is 16.2. The molecular weight excluding hydrogens is 360 g/mol. The molecule has 0 bridgehead atoms. The topological polar surface area (TPSA) is 25.2 Å². The smallest absolute Gasteiger partial charge is 0.141 e. The molecule has 0 spiro atoms. The van der Waals surface area contributed by atoms with Crippen molar-refractivity contribution in [1.82, 2.24) is 0 Å². The van der Waals surface area contributed by atoms with Crippen LogP contribution in [0.3, 0.4) is 0 Å². The van der Waals surface area contributed by atoms with Gasteiger partial charge in [-0.1, -0.05) is 34.8 Å². The Morgan fingerprint density at radius 1 is 0.913 bits per heavy atom. The third kappa shape index (κ3) is 3.99.